The molecule has 0 saturated carbocycles. The normalized spacial score (nSPS) is 10.1. The van der Waals surface area contributed by atoms with Gasteiger partial charge in [0.15, 0.2) is 17.3 Å². The Bertz CT molecular complexity index is 374. The number of aryl methyl sites for hydroxylation is 1. The predicted octanol–water partition coefficient (Wildman–Crippen LogP) is 1.62. The number of aromatic hydroxyl groups is 1. The number of ketones is 1. The first-order chi connectivity index (χ1) is 5.95. The van der Waals surface area contributed by atoms with Crippen LogP contribution < -0.4 is 5.73 Å². The van der Waals surface area contributed by atoms with E-state index in [1.807, 2.05) is 0 Å². The average molecular weight is 183 g/mol. The van der Waals surface area contributed by atoms with Gasteiger partial charge < -0.3 is 10.8 Å². The van der Waals surface area contributed by atoms with Crippen molar-refractivity contribution in [2.24, 2.45) is 0 Å². The zero-order valence-electron chi connectivity index (χ0n) is 7.39. The van der Waals surface area contributed by atoms with E-state index < -0.39 is 17.3 Å². The molecule has 0 unspecified atom stereocenters. The van der Waals surface area contributed by atoms with Gasteiger partial charge in [-0.15, -0.1) is 0 Å². The highest BCUT2D eigenvalue weighted by Gasteiger charge is 2.17. The number of phenolic OH excluding ortho intramolecular Hbond substituents is 1. The van der Waals surface area contributed by atoms with Crippen molar-refractivity contribution in [3.8, 4) is 5.75 Å². The summed E-state index contributed by atoms with van der Waals surface area (Å²) in [7, 11) is 0. The quantitative estimate of drug-likeness (QED) is 0.395. The number of hydrogen-bond donors (Lipinski definition) is 2. The topological polar surface area (TPSA) is 63.3 Å². The van der Waals surface area contributed by atoms with E-state index in [2.05, 4.69) is 0 Å². The first-order valence-corrected chi connectivity index (χ1v) is 3.73. The van der Waals surface area contributed by atoms with Gasteiger partial charge in [0.05, 0.1) is 5.56 Å². The van der Waals surface area contributed by atoms with Gasteiger partial charge in [-0.3, -0.25) is 4.79 Å². The van der Waals surface area contributed by atoms with E-state index in [9.17, 15) is 14.3 Å². The molecule has 0 radical (unpaired) electrons. The number of carbonyl (C=O) groups is 1. The molecule has 0 bridgehead atoms. The van der Waals surface area contributed by atoms with Gasteiger partial charge >= 0.3 is 0 Å². The van der Waals surface area contributed by atoms with Gasteiger partial charge in [0.1, 0.15) is 0 Å². The third kappa shape index (κ3) is 1.47. The fourth-order valence-electron chi connectivity index (χ4n) is 1.15. The first kappa shape index (κ1) is 9.51. The average Bonchev–Trinajstić information content (AvgIpc) is 1.99. The van der Waals surface area contributed by atoms with Gasteiger partial charge in [-0.1, -0.05) is 0 Å². The van der Waals surface area contributed by atoms with Crippen LogP contribution >= 0.6 is 0 Å². The number of nitrogen functional groups attached to an aromatic ring is 1. The molecule has 0 amide bonds. The number of carbonyl (C=O) groups excluding carboxylic acids is 1. The molecule has 0 aliphatic rings. The van der Waals surface area contributed by atoms with Gasteiger partial charge in [0.2, 0.25) is 0 Å². The fourth-order valence-corrected chi connectivity index (χ4v) is 1.15. The maximum Gasteiger partial charge on any atom is 0.177 e. The molecule has 0 spiro atoms. The molecule has 3 N–H and O–H groups in total. The highest BCUT2D eigenvalue weighted by molar-refractivity contribution is 6.00. The van der Waals surface area contributed by atoms with E-state index in [1.165, 1.54) is 19.9 Å². The Morgan fingerprint density at radius 2 is 2.15 bits per heavy atom. The van der Waals surface area contributed by atoms with E-state index >= 15 is 0 Å². The number of anilines is 1. The maximum atomic E-state index is 13.2. The van der Waals surface area contributed by atoms with Crippen LogP contribution in [0.1, 0.15) is 22.8 Å². The van der Waals surface area contributed by atoms with E-state index in [1.54, 1.807) is 0 Å². The van der Waals surface area contributed by atoms with Crippen LogP contribution in [0.5, 0.6) is 5.75 Å². The van der Waals surface area contributed by atoms with Crippen LogP contribution in [0.4, 0.5) is 10.1 Å². The van der Waals surface area contributed by atoms with Gasteiger partial charge in [-0.05, 0) is 25.5 Å². The molecule has 0 aromatic heterocycles. The number of nitrogens with two attached hydrogens (primary N) is 1. The third-order valence-corrected chi connectivity index (χ3v) is 1.81. The second-order valence-corrected chi connectivity index (χ2v) is 2.88. The highest BCUT2D eigenvalue weighted by Crippen LogP contribution is 2.28. The second-order valence-electron chi connectivity index (χ2n) is 2.88. The fraction of sp³-hybridized carbons (Fsp3) is 0.222. The van der Waals surface area contributed by atoms with Crippen molar-refractivity contribution >= 4 is 11.5 Å². The lowest BCUT2D eigenvalue weighted by Gasteiger charge is -2.07. The van der Waals surface area contributed by atoms with E-state index in [0.717, 1.165) is 0 Å². The molecule has 0 atom stereocenters. The molecule has 0 heterocycles. The first-order valence-electron chi connectivity index (χ1n) is 3.73. The van der Waals surface area contributed by atoms with E-state index in [0.29, 0.717) is 5.56 Å². The van der Waals surface area contributed by atoms with Crippen molar-refractivity contribution in [1.82, 2.24) is 0 Å². The lowest BCUT2D eigenvalue weighted by molar-refractivity contribution is 0.101. The molecule has 0 saturated heterocycles. The molecule has 13 heavy (non-hydrogen) atoms. The molecular formula is C9H10FNO2. The number of halogens is 1. The van der Waals surface area contributed by atoms with Crippen molar-refractivity contribution < 1.29 is 14.3 Å². The number of hydrogen-bond acceptors (Lipinski definition) is 3. The summed E-state index contributed by atoms with van der Waals surface area (Å²) in [6.07, 6.45) is 0. The Balaban J connectivity index is 3.53. The predicted molar refractivity (Wildman–Crippen MR) is 47.2 cm³/mol. The van der Waals surface area contributed by atoms with Crippen LogP contribution in [-0.2, 0) is 0 Å². The lowest BCUT2D eigenvalue weighted by Crippen LogP contribution is -2.04. The standard InChI is InChI=1S/C9H10FNO2/c1-4-3-6(11)7(5(2)12)8(10)9(4)13/h3,13H,11H2,1-2H3. The minimum atomic E-state index is -0.940. The summed E-state index contributed by atoms with van der Waals surface area (Å²) < 4.78 is 13.2. The Kier molecular flexibility index (Phi) is 2.23. The van der Waals surface area contributed by atoms with E-state index in [4.69, 9.17) is 5.73 Å². The van der Waals surface area contributed by atoms with Crippen molar-refractivity contribution in [2.75, 3.05) is 5.73 Å². The summed E-state index contributed by atoms with van der Waals surface area (Å²) in [6.45, 7) is 2.71. The van der Waals surface area contributed by atoms with Crippen molar-refractivity contribution in [1.29, 1.82) is 0 Å². The Morgan fingerprint density at radius 3 is 2.62 bits per heavy atom. The Morgan fingerprint density at radius 1 is 1.62 bits per heavy atom. The summed E-state index contributed by atoms with van der Waals surface area (Å²) >= 11 is 0. The molecule has 1 aromatic rings. The maximum absolute atomic E-state index is 13.2. The summed E-state index contributed by atoms with van der Waals surface area (Å²) in [5.74, 6) is -1.95. The minimum Gasteiger partial charge on any atom is -0.505 e. The van der Waals surface area contributed by atoms with Crippen LogP contribution in [0.3, 0.4) is 0 Å². The van der Waals surface area contributed by atoms with Crippen LogP contribution in [0.25, 0.3) is 0 Å². The third-order valence-electron chi connectivity index (χ3n) is 1.81. The number of Topliss-reactive ketones (excluding diaryl/α,β-unsaturated/α-hetero) is 1. The number of benzene rings is 1. The number of rotatable bonds is 1. The van der Waals surface area contributed by atoms with Gasteiger partial charge in [0, 0.05) is 5.69 Å². The summed E-state index contributed by atoms with van der Waals surface area (Å²) in [4.78, 5) is 10.9. The largest absolute Gasteiger partial charge is 0.505 e. The minimum absolute atomic E-state index is 0.0558. The van der Waals surface area contributed by atoms with E-state index in [-0.39, 0.29) is 11.3 Å². The summed E-state index contributed by atoms with van der Waals surface area (Å²) in [6, 6.07) is 1.37. The molecule has 0 aliphatic heterocycles. The van der Waals surface area contributed by atoms with Gasteiger partial charge in [0.25, 0.3) is 0 Å². The molecule has 0 fully saturated rings. The molecule has 4 heteroatoms. The molecule has 70 valence electrons. The molecule has 1 aromatic carbocycles. The van der Waals surface area contributed by atoms with Crippen LogP contribution in [-0.4, -0.2) is 10.9 Å². The summed E-state index contributed by atoms with van der Waals surface area (Å²) in [5, 5.41) is 9.18. The Hall–Kier alpha value is -1.58. The SMILES string of the molecule is CC(=O)c1c(N)cc(C)c(O)c1F. The second kappa shape index (κ2) is 3.05. The van der Waals surface area contributed by atoms with Gasteiger partial charge in [-0.25, -0.2) is 4.39 Å². The lowest BCUT2D eigenvalue weighted by atomic mass is 10.0. The van der Waals surface area contributed by atoms with Crippen LogP contribution in [0.2, 0.25) is 0 Å². The van der Waals surface area contributed by atoms with Crippen LogP contribution in [0.15, 0.2) is 6.07 Å². The van der Waals surface area contributed by atoms with Crippen molar-refractivity contribution in [3.63, 3.8) is 0 Å². The van der Waals surface area contributed by atoms with Crippen molar-refractivity contribution in [2.45, 2.75) is 13.8 Å². The Labute approximate surface area is 75.0 Å². The smallest absolute Gasteiger partial charge is 0.177 e. The summed E-state index contributed by atoms with van der Waals surface area (Å²) in [5.41, 5.74) is 5.55. The zero-order chi connectivity index (χ0) is 10.2. The highest BCUT2D eigenvalue weighted by atomic mass is 19.1. The van der Waals surface area contributed by atoms with Crippen molar-refractivity contribution in [3.05, 3.63) is 23.0 Å². The zero-order valence-corrected chi connectivity index (χ0v) is 7.39. The van der Waals surface area contributed by atoms with Crippen LogP contribution in [0, 0.1) is 12.7 Å². The molecular weight excluding hydrogens is 173 g/mol. The molecule has 0 aliphatic carbocycles. The molecule has 1 rings (SSSR count). The van der Waals surface area contributed by atoms with Gasteiger partial charge in [-0.2, -0.15) is 0 Å². The molecule has 3 nitrogen and oxygen atoms in total. The monoisotopic (exact) mass is 183 g/mol. The number of phenols is 1.